The van der Waals surface area contributed by atoms with Gasteiger partial charge in [0.15, 0.2) is 0 Å². The zero-order chi connectivity index (χ0) is 15.5. The summed E-state index contributed by atoms with van der Waals surface area (Å²) in [5.41, 5.74) is 1.65. The van der Waals surface area contributed by atoms with Crippen molar-refractivity contribution in [3.63, 3.8) is 0 Å². The minimum absolute atomic E-state index is 0.324. The van der Waals surface area contributed by atoms with E-state index in [2.05, 4.69) is 41.0 Å². The lowest BCUT2D eigenvalue weighted by atomic mass is 10.0. The van der Waals surface area contributed by atoms with Crippen molar-refractivity contribution in [3.05, 3.63) is 30.1 Å². The van der Waals surface area contributed by atoms with Crippen LogP contribution in [-0.4, -0.2) is 32.8 Å². The van der Waals surface area contributed by atoms with Crippen molar-refractivity contribution < 1.29 is 5.11 Å². The Morgan fingerprint density at radius 2 is 2.05 bits per heavy atom. The molecular formula is C17H27N3O. The van der Waals surface area contributed by atoms with Crippen LogP contribution in [-0.2, 0) is 13.5 Å². The predicted molar refractivity (Wildman–Crippen MR) is 87.4 cm³/mol. The molecule has 21 heavy (non-hydrogen) atoms. The maximum atomic E-state index is 9.79. The summed E-state index contributed by atoms with van der Waals surface area (Å²) >= 11 is 0. The highest BCUT2D eigenvalue weighted by atomic mass is 16.3. The number of hydrogen-bond acceptors (Lipinski definition) is 3. The molecular weight excluding hydrogens is 262 g/mol. The van der Waals surface area contributed by atoms with Gasteiger partial charge in [0.25, 0.3) is 0 Å². The van der Waals surface area contributed by atoms with E-state index in [9.17, 15) is 5.11 Å². The highest BCUT2D eigenvalue weighted by Gasteiger charge is 2.16. The maximum absolute atomic E-state index is 9.79. The molecule has 0 spiro atoms. The molecule has 0 aliphatic rings. The van der Waals surface area contributed by atoms with Gasteiger partial charge in [0, 0.05) is 19.5 Å². The Morgan fingerprint density at radius 3 is 2.71 bits per heavy atom. The number of imidazole rings is 1. The average molecular weight is 289 g/mol. The number of para-hydroxylation sites is 2. The van der Waals surface area contributed by atoms with E-state index in [0.717, 1.165) is 37.1 Å². The molecule has 0 unspecified atom stereocenters. The summed E-state index contributed by atoms with van der Waals surface area (Å²) in [6, 6.07) is 8.57. The quantitative estimate of drug-likeness (QED) is 0.770. The van der Waals surface area contributed by atoms with Crippen LogP contribution in [0.15, 0.2) is 24.3 Å². The van der Waals surface area contributed by atoms with Crippen molar-refractivity contribution in [2.24, 2.45) is 7.05 Å². The number of benzene rings is 1. The standard InChI is InChI=1S/C17H27N3O/c1-13(12-17(2,3)21)18-11-7-10-16-19-14-8-5-6-9-15(14)20(16)4/h5-6,8-9,13,18,21H,7,10-12H2,1-4H3/t13-/m0/s1. The van der Waals surface area contributed by atoms with Crippen LogP contribution in [0.3, 0.4) is 0 Å². The van der Waals surface area contributed by atoms with E-state index in [1.54, 1.807) is 0 Å². The molecule has 1 aromatic heterocycles. The van der Waals surface area contributed by atoms with Crippen molar-refractivity contribution in [2.75, 3.05) is 6.54 Å². The van der Waals surface area contributed by atoms with Crippen LogP contribution in [0.25, 0.3) is 11.0 Å². The zero-order valence-electron chi connectivity index (χ0n) is 13.6. The van der Waals surface area contributed by atoms with Gasteiger partial charge < -0.3 is 15.0 Å². The van der Waals surface area contributed by atoms with E-state index >= 15 is 0 Å². The molecule has 0 saturated heterocycles. The number of aryl methyl sites for hydroxylation is 2. The summed E-state index contributed by atoms with van der Waals surface area (Å²) in [6.45, 7) is 6.77. The first kappa shape index (κ1) is 16.0. The smallest absolute Gasteiger partial charge is 0.109 e. The summed E-state index contributed by atoms with van der Waals surface area (Å²) in [6.07, 6.45) is 2.78. The monoisotopic (exact) mass is 289 g/mol. The van der Waals surface area contributed by atoms with Crippen molar-refractivity contribution in [2.45, 2.75) is 51.7 Å². The van der Waals surface area contributed by atoms with E-state index in [1.807, 2.05) is 26.0 Å². The average Bonchev–Trinajstić information content (AvgIpc) is 2.70. The minimum Gasteiger partial charge on any atom is -0.390 e. The third-order valence-electron chi connectivity index (χ3n) is 3.76. The Balaban J connectivity index is 1.81. The van der Waals surface area contributed by atoms with Crippen LogP contribution >= 0.6 is 0 Å². The molecule has 0 saturated carbocycles. The molecule has 2 aromatic rings. The summed E-state index contributed by atoms with van der Waals surface area (Å²) in [7, 11) is 2.08. The molecule has 0 amide bonds. The second kappa shape index (κ2) is 6.58. The van der Waals surface area contributed by atoms with Gasteiger partial charge in [-0.2, -0.15) is 0 Å². The fraction of sp³-hybridized carbons (Fsp3) is 0.588. The number of rotatable bonds is 7. The minimum atomic E-state index is -0.607. The van der Waals surface area contributed by atoms with Crippen LogP contribution < -0.4 is 5.32 Å². The zero-order valence-corrected chi connectivity index (χ0v) is 13.6. The Kier molecular flexibility index (Phi) is 5.01. The fourth-order valence-corrected chi connectivity index (χ4v) is 2.84. The molecule has 0 radical (unpaired) electrons. The lowest BCUT2D eigenvalue weighted by molar-refractivity contribution is 0.0613. The van der Waals surface area contributed by atoms with Gasteiger partial charge in [0.1, 0.15) is 5.82 Å². The summed E-state index contributed by atoms with van der Waals surface area (Å²) < 4.78 is 2.18. The highest BCUT2D eigenvalue weighted by Crippen LogP contribution is 2.15. The molecule has 1 atom stereocenters. The Morgan fingerprint density at radius 1 is 1.33 bits per heavy atom. The van der Waals surface area contributed by atoms with Crippen LogP contribution in [0.2, 0.25) is 0 Å². The normalized spacial score (nSPS) is 13.8. The van der Waals surface area contributed by atoms with Crippen LogP contribution in [0.1, 0.15) is 39.4 Å². The van der Waals surface area contributed by atoms with Gasteiger partial charge in [0.2, 0.25) is 0 Å². The Bertz CT molecular complexity index is 583. The Hall–Kier alpha value is -1.39. The molecule has 0 aliphatic carbocycles. The number of aliphatic hydroxyl groups is 1. The number of hydrogen-bond donors (Lipinski definition) is 2. The summed E-state index contributed by atoms with van der Waals surface area (Å²) in [5, 5.41) is 13.3. The molecule has 2 rings (SSSR count). The maximum Gasteiger partial charge on any atom is 0.109 e. The van der Waals surface area contributed by atoms with Gasteiger partial charge in [-0.25, -0.2) is 4.98 Å². The molecule has 2 N–H and O–H groups in total. The number of nitrogens with one attached hydrogen (secondary N) is 1. The second-order valence-corrected chi connectivity index (χ2v) is 6.55. The molecule has 0 bridgehead atoms. The van der Waals surface area contributed by atoms with Crippen LogP contribution in [0.5, 0.6) is 0 Å². The van der Waals surface area contributed by atoms with E-state index in [4.69, 9.17) is 0 Å². The van der Waals surface area contributed by atoms with Crippen molar-refractivity contribution in [3.8, 4) is 0 Å². The molecule has 4 nitrogen and oxygen atoms in total. The highest BCUT2D eigenvalue weighted by molar-refractivity contribution is 5.75. The van der Waals surface area contributed by atoms with Crippen molar-refractivity contribution >= 4 is 11.0 Å². The number of aromatic nitrogens is 2. The van der Waals surface area contributed by atoms with E-state index in [0.29, 0.717) is 6.04 Å². The topological polar surface area (TPSA) is 50.1 Å². The van der Waals surface area contributed by atoms with Gasteiger partial charge in [-0.15, -0.1) is 0 Å². The molecule has 0 fully saturated rings. The summed E-state index contributed by atoms with van der Waals surface area (Å²) in [4.78, 5) is 4.68. The number of fused-ring (bicyclic) bond motifs is 1. The molecule has 4 heteroatoms. The van der Waals surface area contributed by atoms with Gasteiger partial charge in [-0.3, -0.25) is 0 Å². The van der Waals surface area contributed by atoms with Crippen molar-refractivity contribution in [1.29, 1.82) is 0 Å². The van der Waals surface area contributed by atoms with Gasteiger partial charge in [-0.05, 0) is 52.3 Å². The first-order chi connectivity index (χ1) is 9.87. The number of nitrogens with zero attached hydrogens (tertiary/aromatic N) is 2. The summed E-state index contributed by atoms with van der Waals surface area (Å²) in [5.74, 6) is 1.13. The predicted octanol–water partition coefficient (Wildman–Crippen LogP) is 2.65. The van der Waals surface area contributed by atoms with E-state index < -0.39 is 5.60 Å². The lowest BCUT2D eigenvalue weighted by Gasteiger charge is -2.22. The first-order valence-electron chi connectivity index (χ1n) is 7.73. The lowest BCUT2D eigenvalue weighted by Crippen LogP contribution is -2.35. The first-order valence-corrected chi connectivity index (χ1v) is 7.73. The molecule has 1 aromatic carbocycles. The second-order valence-electron chi connectivity index (χ2n) is 6.55. The molecule has 116 valence electrons. The Labute approximate surface area is 127 Å². The van der Waals surface area contributed by atoms with Gasteiger partial charge in [-0.1, -0.05) is 12.1 Å². The van der Waals surface area contributed by atoms with Crippen molar-refractivity contribution in [1.82, 2.24) is 14.9 Å². The SMILES string of the molecule is C[C@@H](CC(C)(C)O)NCCCc1nc2ccccc2n1C. The van der Waals surface area contributed by atoms with E-state index in [-0.39, 0.29) is 0 Å². The largest absolute Gasteiger partial charge is 0.390 e. The van der Waals surface area contributed by atoms with Gasteiger partial charge >= 0.3 is 0 Å². The van der Waals surface area contributed by atoms with Crippen LogP contribution in [0, 0.1) is 0 Å². The fourth-order valence-electron chi connectivity index (χ4n) is 2.84. The van der Waals surface area contributed by atoms with Crippen LogP contribution in [0.4, 0.5) is 0 Å². The van der Waals surface area contributed by atoms with Gasteiger partial charge in [0.05, 0.1) is 16.6 Å². The molecule has 0 aliphatic heterocycles. The van der Waals surface area contributed by atoms with E-state index in [1.165, 1.54) is 5.52 Å². The third-order valence-corrected chi connectivity index (χ3v) is 3.76. The third kappa shape index (κ3) is 4.55. The molecule has 1 heterocycles.